The normalized spacial score (nSPS) is 13.0. The van der Waals surface area contributed by atoms with E-state index in [2.05, 4.69) is 17.0 Å². The highest BCUT2D eigenvalue weighted by atomic mass is 32.2. The van der Waals surface area contributed by atoms with Crippen molar-refractivity contribution in [2.24, 2.45) is 0 Å². The molecule has 0 unspecified atom stereocenters. The van der Waals surface area contributed by atoms with Crippen LogP contribution in [0.15, 0.2) is 52.8 Å². The average molecular weight is 400 g/mol. The Bertz CT molecular complexity index is 973. The summed E-state index contributed by atoms with van der Waals surface area (Å²) in [6.45, 7) is 5.88. The number of carbonyl (C=O) groups is 2. The summed E-state index contributed by atoms with van der Waals surface area (Å²) in [5.74, 6) is 0.179. The van der Waals surface area contributed by atoms with Crippen molar-refractivity contribution in [2.45, 2.75) is 18.4 Å². The number of hydrogen-bond acceptors (Lipinski definition) is 6. The lowest BCUT2D eigenvalue weighted by atomic mass is 10.3. The van der Waals surface area contributed by atoms with Crippen LogP contribution in [0, 0.1) is 0 Å². The second-order valence-electron chi connectivity index (χ2n) is 5.88. The molecule has 2 heterocycles. The number of nitrogens with one attached hydrogen (secondary N) is 1. The van der Waals surface area contributed by atoms with Crippen molar-refractivity contribution >= 4 is 35.0 Å². The number of fused-ring (bicyclic) bond motifs is 1. The van der Waals surface area contributed by atoms with Crippen molar-refractivity contribution in [1.29, 1.82) is 0 Å². The lowest BCUT2D eigenvalue weighted by molar-refractivity contribution is -0.117. The average Bonchev–Trinajstić information content (AvgIpc) is 2.68. The maximum absolute atomic E-state index is 12.9. The number of anilines is 2. The predicted molar refractivity (Wildman–Crippen MR) is 108 cm³/mol. The van der Waals surface area contributed by atoms with Gasteiger partial charge >= 0.3 is 0 Å². The maximum Gasteiger partial charge on any atom is 0.292 e. The Labute approximate surface area is 166 Å². The quantitative estimate of drug-likeness (QED) is 0.714. The molecule has 2 amide bonds. The van der Waals surface area contributed by atoms with Crippen molar-refractivity contribution in [3.05, 3.63) is 53.5 Å². The van der Waals surface area contributed by atoms with E-state index >= 15 is 0 Å². The molecule has 0 spiro atoms. The summed E-state index contributed by atoms with van der Waals surface area (Å²) in [6.07, 6.45) is 3.06. The van der Waals surface area contributed by atoms with Gasteiger partial charge in [0.1, 0.15) is 18.0 Å². The molecule has 0 atom stereocenters. The lowest BCUT2D eigenvalue weighted by Gasteiger charge is -2.27. The van der Waals surface area contributed by atoms with Gasteiger partial charge in [0, 0.05) is 6.54 Å². The van der Waals surface area contributed by atoms with Gasteiger partial charge in [-0.25, -0.2) is 4.68 Å². The molecule has 28 heavy (non-hydrogen) atoms. The summed E-state index contributed by atoms with van der Waals surface area (Å²) in [5.41, 5.74) is 0.256. The topological polar surface area (TPSA) is 93.5 Å². The second-order valence-corrected chi connectivity index (χ2v) is 6.90. The van der Waals surface area contributed by atoms with E-state index in [4.69, 9.17) is 4.74 Å². The number of para-hydroxylation sites is 2. The molecule has 8 nitrogen and oxygen atoms in total. The summed E-state index contributed by atoms with van der Waals surface area (Å²) in [5, 5.41) is 6.81. The molecule has 9 heteroatoms. The number of rotatable bonds is 7. The molecule has 1 aromatic heterocycles. The molecule has 2 aromatic rings. The van der Waals surface area contributed by atoms with Gasteiger partial charge in [-0.3, -0.25) is 14.4 Å². The number of carbonyl (C=O) groups excluding carboxylic acids is 2. The summed E-state index contributed by atoms with van der Waals surface area (Å²) in [6, 6.07) is 7.04. The fourth-order valence-electron chi connectivity index (χ4n) is 2.77. The molecular formula is C19H20N4O4S. The van der Waals surface area contributed by atoms with Crippen molar-refractivity contribution in [3.63, 3.8) is 0 Å². The van der Waals surface area contributed by atoms with E-state index in [1.54, 1.807) is 30.3 Å². The van der Waals surface area contributed by atoms with Crippen LogP contribution in [-0.4, -0.2) is 40.5 Å². The first-order chi connectivity index (χ1) is 13.5. The lowest BCUT2D eigenvalue weighted by Crippen LogP contribution is -2.42. The molecule has 0 fully saturated rings. The highest BCUT2D eigenvalue weighted by Gasteiger charge is 2.28. The molecule has 0 bridgehead atoms. The van der Waals surface area contributed by atoms with Crippen LogP contribution in [0.1, 0.15) is 6.92 Å². The number of hydrogen-bond donors (Lipinski definition) is 1. The monoisotopic (exact) mass is 400 g/mol. The molecule has 0 saturated heterocycles. The van der Waals surface area contributed by atoms with E-state index in [0.717, 1.165) is 4.68 Å². The molecule has 1 aliphatic rings. The maximum atomic E-state index is 12.9. The molecule has 1 aromatic carbocycles. The van der Waals surface area contributed by atoms with Crippen molar-refractivity contribution in [2.75, 3.05) is 29.1 Å². The number of amides is 2. The Balaban J connectivity index is 1.84. The van der Waals surface area contributed by atoms with Gasteiger partial charge in [0.15, 0.2) is 0 Å². The Morgan fingerprint density at radius 3 is 2.93 bits per heavy atom. The van der Waals surface area contributed by atoms with Gasteiger partial charge < -0.3 is 15.0 Å². The second kappa shape index (κ2) is 8.75. The van der Waals surface area contributed by atoms with Crippen LogP contribution in [-0.2, 0) is 16.1 Å². The summed E-state index contributed by atoms with van der Waals surface area (Å²) in [4.78, 5) is 39.5. The smallest absolute Gasteiger partial charge is 0.292 e. The first-order valence-electron chi connectivity index (χ1n) is 8.71. The van der Waals surface area contributed by atoms with Crippen LogP contribution in [0.3, 0.4) is 0 Å². The van der Waals surface area contributed by atoms with Crippen molar-refractivity contribution < 1.29 is 14.3 Å². The van der Waals surface area contributed by atoms with E-state index < -0.39 is 11.5 Å². The van der Waals surface area contributed by atoms with Gasteiger partial charge in [-0.05, 0) is 19.1 Å². The van der Waals surface area contributed by atoms with Crippen LogP contribution in [0.25, 0.3) is 0 Å². The fraction of sp³-hybridized carbons (Fsp3) is 0.263. The molecule has 0 radical (unpaired) electrons. The number of ether oxygens (including phenoxy) is 1. The van der Waals surface area contributed by atoms with E-state index in [-0.39, 0.29) is 30.4 Å². The highest BCUT2D eigenvalue weighted by molar-refractivity contribution is 8.00. The predicted octanol–water partition coefficient (Wildman–Crippen LogP) is 1.91. The molecule has 3 rings (SSSR count). The van der Waals surface area contributed by atoms with E-state index in [0.29, 0.717) is 22.9 Å². The zero-order valence-corrected chi connectivity index (χ0v) is 16.2. The molecule has 1 N–H and O–H groups in total. The minimum absolute atomic E-state index is 0.178. The number of thioether (sulfide) groups is 1. The summed E-state index contributed by atoms with van der Waals surface area (Å²) < 4.78 is 6.53. The largest absolute Gasteiger partial charge is 0.492 e. The molecule has 0 aliphatic carbocycles. The summed E-state index contributed by atoms with van der Waals surface area (Å²) >= 11 is 1.26. The van der Waals surface area contributed by atoms with Crippen molar-refractivity contribution in [1.82, 2.24) is 9.78 Å². The first-order valence-corrected chi connectivity index (χ1v) is 9.69. The van der Waals surface area contributed by atoms with E-state index in [9.17, 15) is 14.4 Å². The zero-order chi connectivity index (χ0) is 20.1. The number of aromatic nitrogens is 2. The Morgan fingerprint density at radius 2 is 2.18 bits per heavy atom. The third kappa shape index (κ3) is 4.09. The zero-order valence-electron chi connectivity index (χ0n) is 15.4. The van der Waals surface area contributed by atoms with Crippen LogP contribution in [0.2, 0.25) is 0 Å². The first kappa shape index (κ1) is 19.7. The van der Waals surface area contributed by atoms with Gasteiger partial charge in [-0.2, -0.15) is 5.10 Å². The molecular weight excluding hydrogens is 380 g/mol. The van der Waals surface area contributed by atoms with E-state index in [1.807, 2.05) is 6.92 Å². The van der Waals surface area contributed by atoms with Gasteiger partial charge in [-0.15, -0.1) is 18.3 Å². The Morgan fingerprint density at radius 1 is 1.39 bits per heavy atom. The summed E-state index contributed by atoms with van der Waals surface area (Å²) in [7, 11) is 0. The molecule has 0 saturated carbocycles. The standard InChI is InChI=1S/C19H20N4O4S/c1-3-9-22-17(25)12-28-15-10-20-23(19(26)18(15)22)11-16(24)21-13-7-5-6-8-14(13)27-4-2/h3,5-8,10H,1,4,9,11-12H2,2H3,(H,21,24). The Hall–Kier alpha value is -3.07. The van der Waals surface area contributed by atoms with Gasteiger partial charge in [-0.1, -0.05) is 18.2 Å². The van der Waals surface area contributed by atoms with Gasteiger partial charge in [0.2, 0.25) is 11.8 Å². The van der Waals surface area contributed by atoms with Crippen LogP contribution < -0.4 is 20.5 Å². The highest BCUT2D eigenvalue weighted by Crippen LogP contribution is 2.31. The number of benzene rings is 1. The minimum atomic E-state index is -0.492. The third-order valence-electron chi connectivity index (χ3n) is 3.97. The SMILES string of the molecule is C=CCN1C(=O)CSc2cnn(CC(=O)Nc3ccccc3OCC)c(=O)c21. The van der Waals surface area contributed by atoms with Crippen LogP contribution >= 0.6 is 11.8 Å². The Kier molecular flexibility index (Phi) is 6.15. The van der Waals surface area contributed by atoms with Gasteiger partial charge in [0.05, 0.1) is 29.1 Å². The fourth-order valence-corrected chi connectivity index (χ4v) is 3.66. The number of nitrogens with zero attached hydrogens (tertiary/aromatic N) is 3. The van der Waals surface area contributed by atoms with E-state index in [1.165, 1.54) is 22.9 Å². The molecule has 1 aliphatic heterocycles. The third-order valence-corrected chi connectivity index (χ3v) is 4.97. The van der Waals surface area contributed by atoms with Crippen molar-refractivity contribution in [3.8, 4) is 5.75 Å². The van der Waals surface area contributed by atoms with Crippen LogP contribution in [0.4, 0.5) is 11.4 Å². The van der Waals surface area contributed by atoms with Crippen LogP contribution in [0.5, 0.6) is 5.75 Å². The minimum Gasteiger partial charge on any atom is -0.492 e. The van der Waals surface area contributed by atoms with Gasteiger partial charge in [0.25, 0.3) is 5.56 Å². The molecule has 146 valence electrons.